The third-order valence-corrected chi connectivity index (χ3v) is 12.6. The molecule has 342 valence electrons. The molecule has 4 nitrogen and oxygen atoms in total. The first-order valence-corrected chi connectivity index (χ1v) is 23.7. The van der Waals surface area contributed by atoms with Crippen LogP contribution in [0.4, 0.5) is 39.8 Å². The Morgan fingerprint density at radius 2 is 0.647 bits per heavy atom. The summed E-state index contributed by atoms with van der Waals surface area (Å²) >= 11 is 0. The van der Waals surface area contributed by atoms with Gasteiger partial charge in [0.25, 0.3) is 0 Å². The molecule has 0 aliphatic carbocycles. The predicted octanol–water partition coefficient (Wildman–Crippen LogP) is 18.6. The molecule has 7 aromatic rings. The van der Waals surface area contributed by atoms with Crippen molar-refractivity contribution in [1.29, 1.82) is 5.26 Å². The summed E-state index contributed by atoms with van der Waals surface area (Å²) in [6.45, 7) is 34.9. The topological polar surface area (TPSA) is 34.6 Å². The van der Waals surface area contributed by atoms with Crippen LogP contribution in [0.5, 0.6) is 0 Å². The van der Waals surface area contributed by atoms with Gasteiger partial charge in [0.1, 0.15) is 0 Å². The van der Waals surface area contributed by atoms with Gasteiger partial charge in [-0.2, -0.15) is 5.26 Å². The summed E-state index contributed by atoms with van der Waals surface area (Å²) in [6, 6.07) is 58.4. The minimum atomic E-state index is 0.0573. The molecule has 7 rings (SSSR count). The van der Waals surface area contributed by atoms with Gasteiger partial charge < -0.3 is 9.80 Å². The molecule has 0 unspecified atom stereocenters. The summed E-state index contributed by atoms with van der Waals surface area (Å²) in [6.07, 6.45) is 7.88. The van der Waals surface area contributed by atoms with E-state index in [1.807, 2.05) is 36.4 Å². The zero-order valence-corrected chi connectivity index (χ0v) is 42.1. The Bertz CT molecular complexity index is 2660. The molecule has 0 saturated heterocycles. The van der Waals surface area contributed by atoms with Crippen LogP contribution in [0.3, 0.4) is 0 Å². The number of hydrogen-bond acceptors (Lipinski definition) is 3. The van der Waals surface area contributed by atoms with E-state index < -0.39 is 0 Å². The van der Waals surface area contributed by atoms with Crippen LogP contribution in [-0.4, -0.2) is 0 Å². The van der Waals surface area contributed by atoms with E-state index in [9.17, 15) is 5.26 Å². The summed E-state index contributed by atoms with van der Waals surface area (Å²) in [5.41, 5.74) is 16.2. The molecule has 0 heterocycles. The highest BCUT2D eigenvalue weighted by Gasteiger charge is 2.21. The Hall–Kier alpha value is -7.40. The standard InChI is InChI=1S/C64H66N4/c1-61(2,3)50-22-34-56(35-23-50)67(57-36-24-51(25-37-57)62(4,5)6)54-30-16-45(17-31-54)14-20-47-43-60(66-13)48(42-49(47)44-65)21-15-46-18-32-55(33-19-46)68(58-38-26-52(27-39-58)63(7,8)9)59-40-28-53(29-41-59)64(10,11)12/h14-43H,1-12H3. The molecule has 0 fully saturated rings. The number of anilines is 6. The fourth-order valence-electron chi connectivity index (χ4n) is 8.26. The first-order chi connectivity index (χ1) is 32.1. The fourth-order valence-corrected chi connectivity index (χ4v) is 8.26. The third kappa shape index (κ3) is 11.4. The molecule has 0 amide bonds. The number of rotatable bonds is 10. The van der Waals surface area contributed by atoms with Crippen molar-refractivity contribution in [3.63, 3.8) is 0 Å². The molecule has 0 atom stereocenters. The van der Waals surface area contributed by atoms with Crippen molar-refractivity contribution < 1.29 is 0 Å². The van der Waals surface area contributed by atoms with E-state index in [-0.39, 0.29) is 21.7 Å². The number of nitrogens with zero attached hydrogens (tertiary/aromatic N) is 4. The second-order valence-corrected chi connectivity index (χ2v) is 21.9. The van der Waals surface area contributed by atoms with Gasteiger partial charge >= 0.3 is 0 Å². The Balaban J connectivity index is 1.12. The average molecular weight is 891 g/mol. The normalized spacial score (nSPS) is 12.3. The van der Waals surface area contributed by atoms with Gasteiger partial charge in [-0.25, -0.2) is 4.85 Å². The molecule has 7 aromatic carbocycles. The van der Waals surface area contributed by atoms with Crippen molar-refractivity contribution in [2.24, 2.45) is 0 Å². The van der Waals surface area contributed by atoms with Crippen LogP contribution in [0.1, 0.15) is 133 Å². The van der Waals surface area contributed by atoms with E-state index >= 15 is 0 Å². The van der Waals surface area contributed by atoms with Gasteiger partial charge in [0.05, 0.1) is 18.2 Å². The van der Waals surface area contributed by atoms with E-state index in [1.165, 1.54) is 22.3 Å². The minimum absolute atomic E-state index is 0.0573. The van der Waals surface area contributed by atoms with Crippen LogP contribution in [0.2, 0.25) is 0 Å². The summed E-state index contributed by atoms with van der Waals surface area (Å²) in [5.74, 6) is 0. The maximum absolute atomic E-state index is 10.3. The van der Waals surface area contributed by atoms with E-state index in [0.717, 1.165) is 45.3 Å². The number of benzene rings is 7. The van der Waals surface area contributed by atoms with Crippen LogP contribution in [-0.2, 0) is 21.7 Å². The molecule has 0 N–H and O–H groups in total. The van der Waals surface area contributed by atoms with Crippen LogP contribution in [0, 0.1) is 17.9 Å². The van der Waals surface area contributed by atoms with E-state index in [2.05, 4.69) is 249 Å². The van der Waals surface area contributed by atoms with Gasteiger partial charge in [-0.3, -0.25) is 0 Å². The lowest BCUT2D eigenvalue weighted by Crippen LogP contribution is -2.14. The SMILES string of the molecule is [C-]#[N+]c1cc(C=Cc2ccc(N(c3ccc(C(C)(C)C)cc3)c3ccc(C(C)(C)C)cc3)cc2)c(C#N)cc1C=Cc1ccc(N(c2ccc(C(C)(C)C)cc2)c2ccc(C(C)(C)C)cc2)cc1. The summed E-state index contributed by atoms with van der Waals surface area (Å²) in [5, 5.41) is 10.3. The summed E-state index contributed by atoms with van der Waals surface area (Å²) < 4.78 is 0. The maximum Gasteiger partial charge on any atom is 0.194 e. The molecule has 0 spiro atoms. The molecule has 0 aliphatic heterocycles. The fraction of sp³-hybridized carbons (Fsp3) is 0.250. The molecule has 0 bridgehead atoms. The van der Waals surface area contributed by atoms with Crippen molar-refractivity contribution in [1.82, 2.24) is 0 Å². The molecule has 68 heavy (non-hydrogen) atoms. The van der Waals surface area contributed by atoms with Gasteiger partial charge in [0.2, 0.25) is 0 Å². The second-order valence-electron chi connectivity index (χ2n) is 21.9. The largest absolute Gasteiger partial charge is 0.311 e. The Labute approximate surface area is 407 Å². The average Bonchev–Trinajstić information content (AvgIpc) is 3.30. The Kier molecular flexibility index (Phi) is 13.9. The van der Waals surface area contributed by atoms with E-state index in [1.54, 1.807) is 0 Å². The molecule has 4 heteroatoms. The lowest BCUT2D eigenvalue weighted by atomic mass is 9.86. The minimum Gasteiger partial charge on any atom is -0.311 e. The maximum atomic E-state index is 10.3. The zero-order valence-electron chi connectivity index (χ0n) is 42.1. The van der Waals surface area contributed by atoms with Gasteiger partial charge in [-0.15, -0.1) is 0 Å². The smallest absolute Gasteiger partial charge is 0.194 e. The zero-order chi connectivity index (χ0) is 49.0. The molecular weight excluding hydrogens is 825 g/mol. The highest BCUT2D eigenvalue weighted by Crippen LogP contribution is 2.39. The number of nitriles is 1. The van der Waals surface area contributed by atoms with E-state index in [4.69, 9.17) is 6.57 Å². The quantitative estimate of drug-likeness (QED) is 0.101. The lowest BCUT2D eigenvalue weighted by molar-refractivity contribution is 0.590. The van der Waals surface area contributed by atoms with Crippen molar-refractivity contribution in [2.45, 2.75) is 105 Å². The van der Waals surface area contributed by atoms with Crippen LogP contribution >= 0.6 is 0 Å². The monoisotopic (exact) mass is 891 g/mol. The highest BCUT2D eigenvalue weighted by molar-refractivity contribution is 5.84. The Morgan fingerprint density at radius 1 is 0.382 bits per heavy atom. The van der Waals surface area contributed by atoms with Gasteiger partial charge in [-0.05, 0) is 151 Å². The van der Waals surface area contributed by atoms with Crippen molar-refractivity contribution >= 4 is 64.1 Å². The van der Waals surface area contributed by atoms with Crippen LogP contribution in [0.25, 0.3) is 29.1 Å². The highest BCUT2D eigenvalue weighted by atomic mass is 15.1. The lowest BCUT2D eigenvalue weighted by Gasteiger charge is -2.28. The van der Waals surface area contributed by atoms with Gasteiger partial charge in [0.15, 0.2) is 5.69 Å². The van der Waals surface area contributed by atoms with Crippen molar-refractivity contribution in [3.8, 4) is 6.07 Å². The van der Waals surface area contributed by atoms with Gasteiger partial charge in [0, 0.05) is 34.1 Å². The summed E-state index contributed by atoms with van der Waals surface area (Å²) in [7, 11) is 0. The molecule has 0 radical (unpaired) electrons. The summed E-state index contributed by atoms with van der Waals surface area (Å²) in [4.78, 5) is 8.47. The number of hydrogen-bond donors (Lipinski definition) is 0. The third-order valence-electron chi connectivity index (χ3n) is 12.6. The van der Waals surface area contributed by atoms with Crippen LogP contribution < -0.4 is 9.80 Å². The molecule has 0 aliphatic rings. The van der Waals surface area contributed by atoms with E-state index in [0.29, 0.717) is 22.4 Å². The molecular formula is C64H66N4. The van der Waals surface area contributed by atoms with Gasteiger partial charge in [-0.1, -0.05) is 180 Å². The molecule has 0 saturated carbocycles. The first kappa shape index (κ1) is 48.5. The second kappa shape index (κ2) is 19.4. The predicted molar refractivity (Wildman–Crippen MR) is 292 cm³/mol. The van der Waals surface area contributed by atoms with Crippen molar-refractivity contribution in [2.75, 3.05) is 9.80 Å². The Morgan fingerprint density at radius 3 is 0.897 bits per heavy atom. The van der Waals surface area contributed by atoms with Crippen LogP contribution in [0.15, 0.2) is 158 Å². The van der Waals surface area contributed by atoms with Crippen molar-refractivity contribution in [3.05, 3.63) is 219 Å². The first-order valence-electron chi connectivity index (χ1n) is 23.7. The molecule has 0 aromatic heterocycles.